The molecule has 19 heavy (non-hydrogen) atoms. The van der Waals surface area contributed by atoms with Gasteiger partial charge in [0.05, 0.1) is 5.56 Å². The Kier molecular flexibility index (Phi) is 2.58. The van der Waals surface area contributed by atoms with Gasteiger partial charge in [0.2, 0.25) is 0 Å². The fourth-order valence-electron chi connectivity index (χ4n) is 2.50. The molecule has 3 rings (SSSR count). The minimum atomic E-state index is -0.854. The third-order valence-electron chi connectivity index (χ3n) is 3.28. The van der Waals surface area contributed by atoms with Crippen LogP contribution < -0.4 is 11.3 Å². The SMILES string of the molecule is O=c1[nH]c(=O)c2c(o1)C(c1cc(F)cc(F)c1)CC2. The van der Waals surface area contributed by atoms with Gasteiger partial charge in [-0.2, -0.15) is 0 Å². The zero-order valence-electron chi connectivity index (χ0n) is 9.70. The van der Waals surface area contributed by atoms with Crippen LogP contribution in [0.1, 0.15) is 29.2 Å². The van der Waals surface area contributed by atoms with Gasteiger partial charge in [0.25, 0.3) is 5.56 Å². The summed E-state index contributed by atoms with van der Waals surface area (Å²) in [6, 6.07) is 3.14. The minimum absolute atomic E-state index is 0.207. The molecule has 1 aromatic heterocycles. The molecule has 0 spiro atoms. The van der Waals surface area contributed by atoms with Crippen LogP contribution >= 0.6 is 0 Å². The molecule has 0 fully saturated rings. The second-order valence-electron chi connectivity index (χ2n) is 4.48. The lowest BCUT2D eigenvalue weighted by Gasteiger charge is -2.10. The molecule has 0 amide bonds. The molecule has 0 bridgehead atoms. The molecule has 0 aliphatic heterocycles. The Hall–Kier alpha value is -2.24. The van der Waals surface area contributed by atoms with Gasteiger partial charge in [0, 0.05) is 12.0 Å². The van der Waals surface area contributed by atoms with E-state index in [1.165, 1.54) is 12.1 Å². The number of benzene rings is 1. The number of aromatic amines is 1. The zero-order valence-corrected chi connectivity index (χ0v) is 9.70. The smallest absolute Gasteiger partial charge is 0.413 e. The van der Waals surface area contributed by atoms with E-state index in [0.717, 1.165) is 6.07 Å². The van der Waals surface area contributed by atoms with Crippen LogP contribution in [0.3, 0.4) is 0 Å². The third-order valence-corrected chi connectivity index (χ3v) is 3.28. The molecule has 1 aliphatic carbocycles. The molecule has 2 aromatic rings. The predicted molar refractivity (Wildman–Crippen MR) is 62.1 cm³/mol. The highest BCUT2D eigenvalue weighted by atomic mass is 19.1. The first-order valence-electron chi connectivity index (χ1n) is 5.77. The van der Waals surface area contributed by atoms with Crippen molar-refractivity contribution in [2.24, 2.45) is 0 Å². The van der Waals surface area contributed by atoms with E-state index in [4.69, 9.17) is 4.42 Å². The van der Waals surface area contributed by atoms with Crippen LogP contribution in [0.25, 0.3) is 0 Å². The van der Waals surface area contributed by atoms with E-state index in [1.807, 2.05) is 4.98 Å². The van der Waals surface area contributed by atoms with Gasteiger partial charge in [0.15, 0.2) is 0 Å². The van der Waals surface area contributed by atoms with Crippen molar-refractivity contribution in [3.8, 4) is 0 Å². The summed E-state index contributed by atoms with van der Waals surface area (Å²) in [6.45, 7) is 0. The van der Waals surface area contributed by atoms with Crippen molar-refractivity contribution >= 4 is 0 Å². The summed E-state index contributed by atoms with van der Waals surface area (Å²) >= 11 is 0. The summed E-state index contributed by atoms with van der Waals surface area (Å²) < 4.78 is 31.4. The number of hydrogen-bond donors (Lipinski definition) is 1. The summed E-state index contributed by atoms with van der Waals surface area (Å²) in [6.07, 6.45) is 0.894. The molecule has 0 saturated heterocycles. The van der Waals surface area contributed by atoms with Crippen LogP contribution in [-0.4, -0.2) is 4.98 Å². The van der Waals surface area contributed by atoms with E-state index in [1.54, 1.807) is 0 Å². The van der Waals surface area contributed by atoms with Crippen molar-refractivity contribution < 1.29 is 13.2 Å². The van der Waals surface area contributed by atoms with Gasteiger partial charge in [-0.25, -0.2) is 13.6 Å². The van der Waals surface area contributed by atoms with Crippen LogP contribution in [0.15, 0.2) is 32.2 Å². The van der Waals surface area contributed by atoms with E-state index in [2.05, 4.69) is 0 Å². The Balaban J connectivity index is 2.17. The van der Waals surface area contributed by atoms with Gasteiger partial charge >= 0.3 is 5.76 Å². The fraction of sp³-hybridized carbons (Fsp3) is 0.231. The lowest BCUT2D eigenvalue weighted by atomic mass is 9.97. The number of hydrogen-bond acceptors (Lipinski definition) is 3. The first-order valence-corrected chi connectivity index (χ1v) is 5.77. The Labute approximate surface area is 105 Å². The van der Waals surface area contributed by atoms with Gasteiger partial charge in [0.1, 0.15) is 17.4 Å². The highest BCUT2D eigenvalue weighted by Crippen LogP contribution is 2.36. The highest BCUT2D eigenvalue weighted by Gasteiger charge is 2.30. The van der Waals surface area contributed by atoms with Crippen molar-refractivity contribution in [2.75, 3.05) is 0 Å². The molecule has 1 heterocycles. The van der Waals surface area contributed by atoms with Gasteiger partial charge < -0.3 is 4.42 Å². The molecule has 0 saturated carbocycles. The molecule has 1 aromatic carbocycles. The van der Waals surface area contributed by atoms with E-state index in [0.29, 0.717) is 24.0 Å². The van der Waals surface area contributed by atoms with Crippen molar-refractivity contribution in [3.63, 3.8) is 0 Å². The van der Waals surface area contributed by atoms with Crippen LogP contribution in [-0.2, 0) is 6.42 Å². The molecule has 6 heteroatoms. The summed E-state index contributed by atoms with van der Waals surface area (Å²) in [5, 5.41) is 0. The van der Waals surface area contributed by atoms with Crippen molar-refractivity contribution in [2.45, 2.75) is 18.8 Å². The normalized spacial score (nSPS) is 17.5. The van der Waals surface area contributed by atoms with Crippen LogP contribution in [0, 0.1) is 11.6 Å². The summed E-state index contributed by atoms with van der Waals surface area (Å²) in [4.78, 5) is 24.8. The number of H-pyrrole nitrogens is 1. The van der Waals surface area contributed by atoms with Crippen LogP contribution in [0.5, 0.6) is 0 Å². The molecule has 1 N–H and O–H groups in total. The Morgan fingerprint density at radius 2 is 1.84 bits per heavy atom. The molecule has 1 aliphatic rings. The van der Waals surface area contributed by atoms with Crippen LogP contribution in [0.2, 0.25) is 0 Å². The second-order valence-corrected chi connectivity index (χ2v) is 4.48. The Morgan fingerprint density at radius 1 is 1.16 bits per heavy atom. The summed E-state index contributed by atoms with van der Waals surface area (Å²) in [7, 11) is 0. The maximum atomic E-state index is 13.2. The first kappa shape index (κ1) is 11.8. The standard InChI is InChI=1S/C13H9F2NO3/c14-7-3-6(4-8(15)5-7)9-1-2-10-11(9)19-13(18)16-12(10)17/h3-5,9H,1-2H2,(H,16,17,18). The maximum absolute atomic E-state index is 13.2. The van der Waals surface area contributed by atoms with Gasteiger partial charge in [-0.05, 0) is 30.5 Å². The molecular weight excluding hydrogens is 256 g/mol. The lowest BCUT2D eigenvalue weighted by molar-refractivity contribution is 0.424. The second kappa shape index (κ2) is 4.15. The minimum Gasteiger partial charge on any atom is -0.413 e. The number of halogens is 2. The first-order chi connectivity index (χ1) is 9.04. The van der Waals surface area contributed by atoms with Gasteiger partial charge in [-0.3, -0.25) is 9.78 Å². The lowest BCUT2D eigenvalue weighted by Crippen LogP contribution is -2.22. The quantitative estimate of drug-likeness (QED) is 0.853. The Morgan fingerprint density at radius 3 is 2.53 bits per heavy atom. The van der Waals surface area contributed by atoms with E-state index >= 15 is 0 Å². The number of nitrogens with one attached hydrogen (secondary N) is 1. The van der Waals surface area contributed by atoms with Crippen molar-refractivity contribution in [3.05, 3.63) is 67.6 Å². The Bertz CT molecular complexity index is 743. The topological polar surface area (TPSA) is 63.1 Å². The van der Waals surface area contributed by atoms with Crippen molar-refractivity contribution in [1.29, 1.82) is 0 Å². The molecule has 0 radical (unpaired) electrons. The number of aromatic nitrogens is 1. The molecule has 4 nitrogen and oxygen atoms in total. The largest absolute Gasteiger partial charge is 0.419 e. The molecular formula is C13H9F2NO3. The predicted octanol–water partition coefficient (Wildman–Crippen LogP) is 1.68. The molecule has 1 atom stereocenters. The van der Waals surface area contributed by atoms with Crippen LogP contribution in [0.4, 0.5) is 8.78 Å². The van der Waals surface area contributed by atoms with E-state index in [9.17, 15) is 18.4 Å². The number of fused-ring (bicyclic) bond motifs is 1. The average Bonchev–Trinajstić information content (AvgIpc) is 2.71. The number of rotatable bonds is 1. The summed E-state index contributed by atoms with van der Waals surface area (Å²) in [5.41, 5.74) is 0.241. The molecule has 98 valence electrons. The van der Waals surface area contributed by atoms with E-state index < -0.39 is 28.9 Å². The molecule has 1 unspecified atom stereocenters. The monoisotopic (exact) mass is 265 g/mol. The van der Waals surface area contributed by atoms with E-state index in [-0.39, 0.29) is 5.76 Å². The third kappa shape index (κ3) is 1.99. The van der Waals surface area contributed by atoms with Gasteiger partial charge in [-0.15, -0.1) is 0 Å². The summed E-state index contributed by atoms with van der Waals surface area (Å²) in [5.74, 6) is -2.51. The zero-order chi connectivity index (χ0) is 13.6. The van der Waals surface area contributed by atoms with Gasteiger partial charge in [-0.1, -0.05) is 0 Å². The van der Waals surface area contributed by atoms with Crippen molar-refractivity contribution in [1.82, 2.24) is 4.98 Å². The highest BCUT2D eigenvalue weighted by molar-refractivity contribution is 5.35. The maximum Gasteiger partial charge on any atom is 0.419 e. The average molecular weight is 265 g/mol. The fourth-order valence-corrected chi connectivity index (χ4v) is 2.50.